The Morgan fingerprint density at radius 3 is 2.53 bits per heavy atom. The van der Waals surface area contributed by atoms with Crippen molar-refractivity contribution in [3.05, 3.63) is 100 Å². The molecule has 1 heterocycles. The summed E-state index contributed by atoms with van der Waals surface area (Å²) in [4.78, 5) is 25.2. The van der Waals surface area contributed by atoms with Crippen LogP contribution in [0.25, 0.3) is 10.9 Å². The molecule has 4 rings (SSSR count). The molecule has 0 saturated carbocycles. The minimum Gasteiger partial charge on any atom is -0.489 e. The standard InChI is InChI=1S/C23H18FN3O3/c1-27-20-12-7-16(24)13-19(20)22(28)21(26-27)23(29)25-17-8-10-18(11-9-17)30-14-15-5-3-2-4-6-15/h2-13H,14H2,1H3,(H,25,29). The van der Waals surface area contributed by atoms with Crippen LogP contribution in [0.4, 0.5) is 10.1 Å². The molecule has 0 aliphatic heterocycles. The van der Waals surface area contributed by atoms with Crippen LogP contribution in [0.15, 0.2) is 77.6 Å². The molecule has 1 aromatic heterocycles. The number of nitrogens with one attached hydrogen (secondary N) is 1. The van der Waals surface area contributed by atoms with E-state index in [1.165, 1.54) is 16.8 Å². The van der Waals surface area contributed by atoms with Gasteiger partial charge in [-0.15, -0.1) is 0 Å². The molecular formula is C23H18FN3O3. The summed E-state index contributed by atoms with van der Waals surface area (Å²) in [5, 5.41) is 6.79. The van der Waals surface area contributed by atoms with Crippen molar-refractivity contribution >= 4 is 22.5 Å². The van der Waals surface area contributed by atoms with Crippen molar-refractivity contribution in [1.82, 2.24) is 9.78 Å². The fourth-order valence-corrected chi connectivity index (χ4v) is 3.06. The van der Waals surface area contributed by atoms with E-state index in [-0.39, 0.29) is 11.1 Å². The van der Waals surface area contributed by atoms with Crippen LogP contribution in [0, 0.1) is 5.82 Å². The number of benzene rings is 3. The molecule has 0 saturated heterocycles. The van der Waals surface area contributed by atoms with Crippen LogP contribution in [0.3, 0.4) is 0 Å². The number of carbonyl (C=O) groups is 1. The van der Waals surface area contributed by atoms with Crippen LogP contribution in [0.5, 0.6) is 5.75 Å². The molecule has 6 nitrogen and oxygen atoms in total. The zero-order chi connectivity index (χ0) is 21.1. The monoisotopic (exact) mass is 403 g/mol. The van der Waals surface area contributed by atoms with Crippen molar-refractivity contribution in [3.63, 3.8) is 0 Å². The van der Waals surface area contributed by atoms with Crippen LogP contribution >= 0.6 is 0 Å². The number of hydrogen-bond acceptors (Lipinski definition) is 4. The van der Waals surface area contributed by atoms with Gasteiger partial charge in [0.05, 0.1) is 10.9 Å². The first-order valence-corrected chi connectivity index (χ1v) is 9.26. The van der Waals surface area contributed by atoms with Crippen molar-refractivity contribution in [2.45, 2.75) is 6.61 Å². The topological polar surface area (TPSA) is 73.2 Å². The first-order valence-electron chi connectivity index (χ1n) is 9.26. The van der Waals surface area contributed by atoms with Gasteiger partial charge in [-0.1, -0.05) is 30.3 Å². The molecule has 0 aliphatic rings. The van der Waals surface area contributed by atoms with Gasteiger partial charge in [-0.2, -0.15) is 5.10 Å². The van der Waals surface area contributed by atoms with E-state index in [0.29, 0.717) is 23.6 Å². The number of fused-ring (bicyclic) bond motifs is 1. The Hall–Kier alpha value is -4.00. The van der Waals surface area contributed by atoms with Gasteiger partial charge in [0.1, 0.15) is 18.2 Å². The molecular weight excluding hydrogens is 385 g/mol. The highest BCUT2D eigenvalue weighted by Gasteiger charge is 2.17. The molecule has 150 valence electrons. The Morgan fingerprint density at radius 2 is 1.80 bits per heavy atom. The first-order chi connectivity index (χ1) is 14.5. The Morgan fingerprint density at radius 1 is 1.07 bits per heavy atom. The summed E-state index contributed by atoms with van der Waals surface area (Å²) in [5.74, 6) is -0.574. The first kappa shape index (κ1) is 19.3. The number of halogens is 1. The summed E-state index contributed by atoms with van der Waals surface area (Å²) in [5.41, 5.74) is 1.04. The van der Waals surface area contributed by atoms with E-state index in [0.717, 1.165) is 11.6 Å². The number of aryl methyl sites for hydroxylation is 1. The predicted molar refractivity (Wildman–Crippen MR) is 112 cm³/mol. The summed E-state index contributed by atoms with van der Waals surface area (Å²) in [6.45, 7) is 0.431. The van der Waals surface area contributed by atoms with E-state index in [1.54, 1.807) is 31.3 Å². The Kier molecular flexibility index (Phi) is 5.26. The number of nitrogens with zero attached hydrogens (tertiary/aromatic N) is 2. The van der Waals surface area contributed by atoms with Gasteiger partial charge in [0.25, 0.3) is 5.91 Å². The molecule has 0 atom stereocenters. The predicted octanol–water partition coefficient (Wildman–Crippen LogP) is 3.90. The van der Waals surface area contributed by atoms with Crippen LogP contribution in [0.2, 0.25) is 0 Å². The van der Waals surface area contributed by atoms with Gasteiger partial charge in [-0.05, 0) is 48.0 Å². The van der Waals surface area contributed by atoms with E-state index in [9.17, 15) is 14.0 Å². The number of aromatic nitrogens is 2. The highest BCUT2D eigenvalue weighted by Crippen LogP contribution is 2.18. The Bertz CT molecular complexity index is 1270. The van der Waals surface area contributed by atoms with Crippen molar-refractivity contribution in [2.24, 2.45) is 7.05 Å². The van der Waals surface area contributed by atoms with E-state index in [4.69, 9.17) is 4.74 Å². The van der Waals surface area contributed by atoms with Crippen molar-refractivity contribution in [2.75, 3.05) is 5.32 Å². The summed E-state index contributed by atoms with van der Waals surface area (Å²) in [6.07, 6.45) is 0. The van der Waals surface area contributed by atoms with Crippen molar-refractivity contribution in [3.8, 4) is 5.75 Å². The molecule has 7 heteroatoms. The third kappa shape index (κ3) is 4.05. The minimum atomic E-state index is -0.667. The van der Waals surface area contributed by atoms with Crippen LogP contribution in [-0.4, -0.2) is 15.7 Å². The number of hydrogen-bond donors (Lipinski definition) is 1. The number of carbonyl (C=O) groups excluding carboxylic acids is 1. The molecule has 1 N–H and O–H groups in total. The SMILES string of the molecule is Cn1nc(C(=O)Nc2ccc(OCc3ccccc3)cc2)c(=O)c2cc(F)ccc21. The number of ether oxygens (including phenoxy) is 1. The molecule has 1 amide bonds. The van der Waals surface area contributed by atoms with E-state index < -0.39 is 17.2 Å². The van der Waals surface area contributed by atoms with E-state index >= 15 is 0 Å². The fourth-order valence-electron chi connectivity index (χ4n) is 3.06. The van der Waals surface area contributed by atoms with Gasteiger partial charge in [0.15, 0.2) is 5.69 Å². The van der Waals surface area contributed by atoms with Crippen molar-refractivity contribution in [1.29, 1.82) is 0 Å². The van der Waals surface area contributed by atoms with Gasteiger partial charge >= 0.3 is 0 Å². The maximum Gasteiger partial charge on any atom is 0.280 e. The minimum absolute atomic E-state index is 0.0994. The molecule has 0 radical (unpaired) electrons. The van der Waals surface area contributed by atoms with Crippen LogP contribution < -0.4 is 15.5 Å². The largest absolute Gasteiger partial charge is 0.489 e. The van der Waals surface area contributed by atoms with Gasteiger partial charge in [0.2, 0.25) is 5.43 Å². The lowest BCUT2D eigenvalue weighted by Crippen LogP contribution is -2.26. The fraction of sp³-hybridized carbons (Fsp3) is 0.0870. The summed E-state index contributed by atoms with van der Waals surface area (Å²) < 4.78 is 20.7. The van der Waals surface area contributed by atoms with Gasteiger partial charge in [-0.25, -0.2) is 4.39 Å². The Labute approximate surface area is 171 Å². The summed E-state index contributed by atoms with van der Waals surface area (Å²) in [7, 11) is 1.59. The maximum atomic E-state index is 13.6. The Balaban J connectivity index is 1.50. The van der Waals surface area contributed by atoms with Crippen molar-refractivity contribution < 1.29 is 13.9 Å². The zero-order valence-electron chi connectivity index (χ0n) is 16.1. The number of anilines is 1. The molecule has 3 aromatic carbocycles. The van der Waals surface area contributed by atoms with Gasteiger partial charge in [-0.3, -0.25) is 14.3 Å². The van der Waals surface area contributed by atoms with E-state index in [2.05, 4.69) is 10.4 Å². The highest BCUT2D eigenvalue weighted by atomic mass is 19.1. The second-order valence-corrected chi connectivity index (χ2v) is 6.72. The lowest BCUT2D eigenvalue weighted by Gasteiger charge is -2.10. The average molecular weight is 403 g/mol. The second kappa shape index (κ2) is 8.16. The van der Waals surface area contributed by atoms with Crippen LogP contribution in [0.1, 0.15) is 16.1 Å². The highest BCUT2D eigenvalue weighted by molar-refractivity contribution is 6.04. The summed E-state index contributed by atoms with van der Waals surface area (Å²) >= 11 is 0. The number of amides is 1. The quantitative estimate of drug-likeness (QED) is 0.549. The molecule has 0 unspecified atom stereocenters. The second-order valence-electron chi connectivity index (χ2n) is 6.72. The van der Waals surface area contributed by atoms with Gasteiger partial charge < -0.3 is 10.1 Å². The number of rotatable bonds is 5. The van der Waals surface area contributed by atoms with E-state index in [1.807, 2.05) is 30.3 Å². The lowest BCUT2D eigenvalue weighted by molar-refractivity contribution is 0.101. The molecule has 0 fully saturated rings. The van der Waals surface area contributed by atoms with Gasteiger partial charge in [0, 0.05) is 12.7 Å². The smallest absolute Gasteiger partial charge is 0.280 e. The molecule has 4 aromatic rings. The normalized spacial score (nSPS) is 10.7. The average Bonchev–Trinajstić information content (AvgIpc) is 2.76. The lowest BCUT2D eigenvalue weighted by atomic mass is 10.2. The molecule has 0 aliphatic carbocycles. The molecule has 0 bridgehead atoms. The van der Waals surface area contributed by atoms with Crippen LogP contribution in [-0.2, 0) is 13.7 Å². The molecule has 0 spiro atoms. The molecule has 30 heavy (non-hydrogen) atoms. The third-order valence-corrected chi connectivity index (χ3v) is 4.59. The summed E-state index contributed by atoms with van der Waals surface area (Å²) in [6, 6.07) is 20.3. The zero-order valence-corrected chi connectivity index (χ0v) is 16.1. The third-order valence-electron chi connectivity index (χ3n) is 4.59. The maximum absolute atomic E-state index is 13.6.